The number of carbonyl (C=O) groups is 1. The van der Waals surface area contributed by atoms with Crippen molar-refractivity contribution in [1.29, 1.82) is 0 Å². The molecule has 0 aromatic heterocycles. The molecule has 0 aliphatic carbocycles. The van der Waals surface area contributed by atoms with Crippen LogP contribution in [0.2, 0.25) is 0 Å². The summed E-state index contributed by atoms with van der Waals surface area (Å²) in [6.07, 6.45) is 3.17. The first-order valence-electron chi connectivity index (χ1n) is 2.23. The maximum absolute atomic E-state index is 9.46. The fraction of sp³-hybridized carbons (Fsp3) is 0.167. The molecule has 0 saturated carbocycles. The third-order valence-electron chi connectivity index (χ3n) is 0.272. The number of terminal acetylenes is 1. The van der Waals surface area contributed by atoms with Crippen LogP contribution in [0.5, 0.6) is 0 Å². The van der Waals surface area contributed by atoms with Crippen molar-refractivity contribution in [2.24, 2.45) is 0 Å². The topological polar surface area (TPSA) is 55.8 Å². The average molecular weight is 144 g/mol. The molecule has 0 atom stereocenters. The van der Waals surface area contributed by atoms with Gasteiger partial charge >= 0.3 is 6.16 Å². The molecule has 4 heteroatoms. The van der Waals surface area contributed by atoms with E-state index in [9.17, 15) is 4.79 Å². The highest BCUT2D eigenvalue weighted by molar-refractivity contribution is 5.55. The number of hydrogen-bond donors (Lipinski definition) is 1. The van der Waals surface area contributed by atoms with Crippen LogP contribution in [-0.4, -0.2) is 17.9 Å². The third-order valence-corrected chi connectivity index (χ3v) is 0.272. The van der Waals surface area contributed by atoms with E-state index in [0.717, 1.165) is 0 Å². The maximum Gasteiger partial charge on any atom is 0.537 e. The van der Waals surface area contributed by atoms with E-state index in [1.54, 1.807) is 0 Å². The van der Waals surface area contributed by atoms with Gasteiger partial charge < -0.3 is 5.11 Å². The summed E-state index contributed by atoms with van der Waals surface area (Å²) >= 11 is 0. The zero-order valence-corrected chi connectivity index (χ0v) is 5.37. The Hall–Kier alpha value is -1.47. The molecule has 0 aliphatic rings. The largest absolute Gasteiger partial charge is 0.537 e. The first-order chi connectivity index (χ1) is 4.77. The Morgan fingerprint density at radius 1 is 1.70 bits per heavy atom. The van der Waals surface area contributed by atoms with E-state index < -0.39 is 6.16 Å². The standard InChI is InChI=1S/C4H4O4.C2H4/c1-2-3-7-8-4(5)6;1-2/h1H,3H2,(H,5,6);1-2H2. The van der Waals surface area contributed by atoms with Gasteiger partial charge in [0.2, 0.25) is 0 Å². The number of hydrogen-bond acceptors (Lipinski definition) is 3. The van der Waals surface area contributed by atoms with Crippen molar-refractivity contribution in [3.63, 3.8) is 0 Å². The summed E-state index contributed by atoms with van der Waals surface area (Å²) in [6, 6.07) is 0. The summed E-state index contributed by atoms with van der Waals surface area (Å²) in [5.74, 6) is 2.01. The van der Waals surface area contributed by atoms with Gasteiger partial charge in [-0.2, -0.15) is 4.89 Å². The highest BCUT2D eigenvalue weighted by Gasteiger charge is 1.92. The van der Waals surface area contributed by atoms with Gasteiger partial charge in [0.25, 0.3) is 0 Å². The van der Waals surface area contributed by atoms with Crippen molar-refractivity contribution in [3.05, 3.63) is 13.2 Å². The Labute approximate surface area is 59.0 Å². The molecule has 0 heterocycles. The molecule has 0 saturated heterocycles. The van der Waals surface area contributed by atoms with Gasteiger partial charge in [0.15, 0.2) is 6.61 Å². The van der Waals surface area contributed by atoms with Crippen LogP contribution in [0, 0.1) is 12.3 Å². The predicted molar refractivity (Wildman–Crippen MR) is 35.1 cm³/mol. The molecule has 56 valence electrons. The van der Waals surface area contributed by atoms with Crippen molar-refractivity contribution in [1.82, 2.24) is 0 Å². The van der Waals surface area contributed by atoms with Gasteiger partial charge in [-0.05, 0) is 0 Å². The third kappa shape index (κ3) is 16.0. The molecule has 0 unspecified atom stereocenters. The molecule has 0 rings (SSSR count). The van der Waals surface area contributed by atoms with Gasteiger partial charge in [-0.25, -0.2) is 4.79 Å². The molecule has 0 aromatic carbocycles. The summed E-state index contributed by atoms with van der Waals surface area (Å²) in [5.41, 5.74) is 0. The lowest BCUT2D eigenvalue weighted by atomic mass is 10.8. The summed E-state index contributed by atoms with van der Waals surface area (Å²) in [7, 11) is 0. The lowest BCUT2D eigenvalue weighted by molar-refractivity contribution is -0.240. The minimum atomic E-state index is -1.50. The highest BCUT2D eigenvalue weighted by atomic mass is 17.2. The number of rotatable bonds is 2. The van der Waals surface area contributed by atoms with E-state index in [4.69, 9.17) is 5.11 Å². The lowest BCUT2D eigenvalue weighted by Crippen LogP contribution is -2.00. The second-order valence-corrected chi connectivity index (χ2v) is 0.816. The zero-order chi connectivity index (χ0) is 8.41. The molecular weight excluding hydrogens is 136 g/mol. The Kier molecular flexibility index (Phi) is 11.9. The Balaban J connectivity index is 0. The van der Waals surface area contributed by atoms with Crippen LogP contribution in [0.4, 0.5) is 4.79 Å². The monoisotopic (exact) mass is 144 g/mol. The van der Waals surface area contributed by atoms with E-state index in [0.29, 0.717) is 0 Å². The van der Waals surface area contributed by atoms with Crippen LogP contribution in [0.15, 0.2) is 13.2 Å². The molecule has 4 nitrogen and oxygen atoms in total. The van der Waals surface area contributed by atoms with Gasteiger partial charge in [-0.15, -0.1) is 19.6 Å². The van der Waals surface area contributed by atoms with Crippen LogP contribution >= 0.6 is 0 Å². The normalized spacial score (nSPS) is 6.30. The van der Waals surface area contributed by atoms with Crippen LogP contribution in [0.1, 0.15) is 0 Å². The molecule has 0 spiro atoms. The average Bonchev–Trinajstić information content (AvgIpc) is 1.92. The van der Waals surface area contributed by atoms with E-state index in [1.165, 1.54) is 0 Å². The SMILES string of the molecule is C#CCOOC(=O)O.C=C. The van der Waals surface area contributed by atoms with E-state index >= 15 is 0 Å². The van der Waals surface area contributed by atoms with Gasteiger partial charge in [0.1, 0.15) is 0 Å². The fourth-order valence-electron chi connectivity index (χ4n) is 0.114. The summed E-state index contributed by atoms with van der Waals surface area (Å²) in [5, 5.41) is 7.72. The summed E-state index contributed by atoms with van der Waals surface area (Å²) in [6.45, 7) is 5.84. The Morgan fingerprint density at radius 3 is 2.50 bits per heavy atom. The molecule has 0 aromatic rings. The number of carboxylic acid groups (broad SMARTS) is 1. The lowest BCUT2D eigenvalue weighted by Gasteiger charge is -1.90. The fourth-order valence-corrected chi connectivity index (χ4v) is 0.114. The van der Waals surface area contributed by atoms with Crippen molar-refractivity contribution >= 4 is 6.16 Å². The zero-order valence-electron chi connectivity index (χ0n) is 5.37. The van der Waals surface area contributed by atoms with E-state index in [2.05, 4.69) is 29.4 Å². The minimum Gasteiger partial charge on any atom is -0.448 e. The quantitative estimate of drug-likeness (QED) is 0.207. The van der Waals surface area contributed by atoms with E-state index in [1.807, 2.05) is 5.92 Å². The van der Waals surface area contributed by atoms with Gasteiger partial charge in [-0.1, -0.05) is 5.92 Å². The summed E-state index contributed by atoms with van der Waals surface area (Å²) in [4.78, 5) is 16.9. The molecule has 0 bridgehead atoms. The van der Waals surface area contributed by atoms with Gasteiger partial charge in [-0.3, -0.25) is 4.89 Å². The second-order valence-electron chi connectivity index (χ2n) is 0.816. The molecule has 0 fully saturated rings. The Bertz CT molecular complexity index is 124. The first-order valence-corrected chi connectivity index (χ1v) is 2.23. The van der Waals surface area contributed by atoms with Crippen molar-refractivity contribution in [2.75, 3.05) is 6.61 Å². The molecule has 1 N–H and O–H groups in total. The van der Waals surface area contributed by atoms with Crippen LogP contribution in [-0.2, 0) is 9.78 Å². The van der Waals surface area contributed by atoms with Gasteiger partial charge in [0, 0.05) is 0 Å². The molecule has 0 amide bonds. The molecule has 0 aliphatic heterocycles. The first kappa shape index (κ1) is 11.3. The van der Waals surface area contributed by atoms with Crippen LogP contribution in [0.25, 0.3) is 0 Å². The highest BCUT2D eigenvalue weighted by Crippen LogP contribution is 1.75. The van der Waals surface area contributed by atoms with Crippen LogP contribution < -0.4 is 0 Å². The van der Waals surface area contributed by atoms with Crippen molar-refractivity contribution in [3.8, 4) is 12.3 Å². The van der Waals surface area contributed by atoms with Crippen molar-refractivity contribution < 1.29 is 19.7 Å². The maximum atomic E-state index is 9.46. The molecular formula is C6H8O4. The second kappa shape index (κ2) is 10.5. The van der Waals surface area contributed by atoms with Crippen molar-refractivity contribution in [2.45, 2.75) is 0 Å². The predicted octanol–water partition coefficient (Wildman–Crippen LogP) is 1.05. The summed E-state index contributed by atoms with van der Waals surface area (Å²) < 4.78 is 0. The molecule has 10 heavy (non-hydrogen) atoms. The smallest absolute Gasteiger partial charge is 0.448 e. The van der Waals surface area contributed by atoms with Crippen LogP contribution in [0.3, 0.4) is 0 Å². The minimum absolute atomic E-state index is 0.160. The Morgan fingerprint density at radius 2 is 2.20 bits per heavy atom. The molecule has 0 radical (unpaired) electrons. The van der Waals surface area contributed by atoms with E-state index in [-0.39, 0.29) is 6.61 Å². The van der Waals surface area contributed by atoms with Gasteiger partial charge in [0.05, 0.1) is 0 Å².